The van der Waals surface area contributed by atoms with Gasteiger partial charge in [0.05, 0.1) is 5.92 Å². The van der Waals surface area contributed by atoms with E-state index >= 15 is 0 Å². The van der Waals surface area contributed by atoms with Crippen LogP contribution < -0.4 is 0 Å². The number of rotatable bonds is 3. The smallest absolute Gasteiger partial charge is 0.293 e. The highest BCUT2D eigenvalue weighted by atomic mass is 19.3. The summed E-state index contributed by atoms with van der Waals surface area (Å²) in [5.74, 6) is -3.48. The first-order chi connectivity index (χ1) is 4.94. The third-order valence-electron chi connectivity index (χ3n) is 2.42. The molecule has 0 aromatic heterocycles. The van der Waals surface area contributed by atoms with Crippen LogP contribution in [0.2, 0.25) is 0 Å². The van der Waals surface area contributed by atoms with Crippen molar-refractivity contribution in [1.82, 2.24) is 0 Å². The van der Waals surface area contributed by atoms with Gasteiger partial charge >= 0.3 is 0 Å². The quantitative estimate of drug-likeness (QED) is 0.590. The summed E-state index contributed by atoms with van der Waals surface area (Å²) < 4.78 is 29.7. The first-order valence-corrected chi connectivity index (χ1v) is 3.37. The zero-order valence-electron chi connectivity index (χ0n) is 6.43. The fourth-order valence-corrected chi connectivity index (χ4v) is 1.21. The highest BCUT2D eigenvalue weighted by Gasteiger charge is 2.75. The Morgan fingerprint density at radius 2 is 2.00 bits per heavy atom. The molecule has 0 aromatic carbocycles. The third-order valence-corrected chi connectivity index (χ3v) is 2.42. The Hall–Kier alpha value is -0.670. The molecule has 1 fully saturated rings. The van der Waals surface area contributed by atoms with Gasteiger partial charge in [0.15, 0.2) is 0 Å². The summed E-state index contributed by atoms with van der Waals surface area (Å²) in [6.07, 6.45) is 0. The number of alkyl halides is 2. The highest BCUT2D eigenvalue weighted by Crippen LogP contribution is 2.65. The molecule has 1 unspecified atom stereocenters. The SMILES string of the molecule is CC1(C)C(COC=O)C1(F)F. The molecule has 0 radical (unpaired) electrons. The van der Waals surface area contributed by atoms with Crippen LogP contribution in [-0.4, -0.2) is 19.0 Å². The Labute approximate surface area is 63.5 Å². The highest BCUT2D eigenvalue weighted by molar-refractivity contribution is 5.37. The summed E-state index contributed by atoms with van der Waals surface area (Å²) in [5.41, 5.74) is -1.00. The van der Waals surface area contributed by atoms with Gasteiger partial charge in [0, 0.05) is 5.41 Å². The molecule has 0 saturated heterocycles. The summed E-state index contributed by atoms with van der Waals surface area (Å²) in [6, 6.07) is 0. The topological polar surface area (TPSA) is 26.3 Å². The van der Waals surface area contributed by atoms with Crippen LogP contribution in [0.4, 0.5) is 8.78 Å². The van der Waals surface area contributed by atoms with Crippen LogP contribution in [-0.2, 0) is 9.53 Å². The van der Waals surface area contributed by atoms with Gasteiger partial charge in [-0.1, -0.05) is 13.8 Å². The minimum atomic E-state index is -2.67. The second-order valence-corrected chi connectivity index (χ2v) is 3.33. The van der Waals surface area contributed by atoms with Crippen molar-refractivity contribution in [3.05, 3.63) is 0 Å². The zero-order chi connectivity index (χ0) is 8.70. The number of carbonyl (C=O) groups is 1. The van der Waals surface area contributed by atoms with Gasteiger partial charge in [-0.2, -0.15) is 0 Å². The molecule has 1 atom stereocenters. The van der Waals surface area contributed by atoms with Crippen molar-refractivity contribution in [3.8, 4) is 0 Å². The lowest BCUT2D eigenvalue weighted by atomic mass is 10.1. The van der Waals surface area contributed by atoms with Crippen LogP contribution in [0.25, 0.3) is 0 Å². The largest absolute Gasteiger partial charge is 0.467 e. The maximum atomic E-state index is 12.7. The van der Waals surface area contributed by atoms with Gasteiger partial charge in [-0.15, -0.1) is 0 Å². The second kappa shape index (κ2) is 2.16. The molecule has 0 amide bonds. The Balaban J connectivity index is 2.46. The molecule has 1 aliphatic rings. The summed E-state index contributed by atoms with van der Waals surface area (Å²) >= 11 is 0. The van der Waals surface area contributed by atoms with Gasteiger partial charge in [0.25, 0.3) is 12.4 Å². The van der Waals surface area contributed by atoms with Crippen molar-refractivity contribution in [2.45, 2.75) is 19.8 Å². The predicted octanol–water partition coefficient (Wildman–Crippen LogP) is 1.45. The van der Waals surface area contributed by atoms with E-state index in [1.54, 1.807) is 0 Å². The van der Waals surface area contributed by atoms with Gasteiger partial charge in [-0.25, -0.2) is 8.78 Å². The first-order valence-electron chi connectivity index (χ1n) is 3.37. The van der Waals surface area contributed by atoms with Crippen molar-refractivity contribution in [2.75, 3.05) is 6.61 Å². The summed E-state index contributed by atoms with van der Waals surface area (Å²) in [7, 11) is 0. The standard InChI is InChI=1S/C7H10F2O2/c1-6(2)5(3-11-4-10)7(6,8)9/h4-5H,3H2,1-2H3. The minimum absolute atomic E-state index is 0.177. The van der Waals surface area contributed by atoms with Gasteiger partial charge in [0.2, 0.25) is 0 Å². The number of hydrogen-bond acceptors (Lipinski definition) is 2. The Bertz CT molecular complexity index is 163. The van der Waals surface area contributed by atoms with E-state index in [-0.39, 0.29) is 13.1 Å². The van der Waals surface area contributed by atoms with Gasteiger partial charge in [-0.05, 0) is 0 Å². The molecule has 0 aromatic rings. The Morgan fingerprint density at radius 3 is 2.27 bits per heavy atom. The molecule has 0 aliphatic heterocycles. The third kappa shape index (κ3) is 1.01. The molecule has 4 heteroatoms. The van der Waals surface area contributed by atoms with Crippen LogP contribution in [0.3, 0.4) is 0 Å². The van der Waals surface area contributed by atoms with E-state index in [4.69, 9.17) is 0 Å². The summed E-state index contributed by atoms with van der Waals surface area (Å²) in [5, 5.41) is 0. The van der Waals surface area contributed by atoms with Gasteiger partial charge < -0.3 is 4.74 Å². The fourth-order valence-electron chi connectivity index (χ4n) is 1.21. The Morgan fingerprint density at radius 1 is 1.55 bits per heavy atom. The predicted molar refractivity (Wildman–Crippen MR) is 34.2 cm³/mol. The molecule has 0 heterocycles. The number of halogens is 2. The Kier molecular flexibility index (Phi) is 1.65. The fraction of sp³-hybridized carbons (Fsp3) is 0.857. The van der Waals surface area contributed by atoms with E-state index in [2.05, 4.69) is 4.74 Å². The lowest BCUT2D eigenvalue weighted by Crippen LogP contribution is -2.01. The average molecular weight is 164 g/mol. The molecule has 2 nitrogen and oxygen atoms in total. The van der Waals surface area contributed by atoms with E-state index in [1.807, 2.05) is 0 Å². The van der Waals surface area contributed by atoms with E-state index in [0.29, 0.717) is 0 Å². The summed E-state index contributed by atoms with van der Waals surface area (Å²) in [6.45, 7) is 2.95. The number of ether oxygens (including phenoxy) is 1. The number of hydrogen-bond donors (Lipinski definition) is 0. The number of carbonyl (C=O) groups excluding carboxylic acids is 1. The van der Waals surface area contributed by atoms with Crippen LogP contribution in [0.1, 0.15) is 13.8 Å². The lowest BCUT2D eigenvalue weighted by molar-refractivity contribution is -0.129. The van der Waals surface area contributed by atoms with E-state index in [9.17, 15) is 13.6 Å². The van der Waals surface area contributed by atoms with Crippen molar-refractivity contribution in [1.29, 1.82) is 0 Å². The van der Waals surface area contributed by atoms with Crippen molar-refractivity contribution < 1.29 is 18.3 Å². The van der Waals surface area contributed by atoms with Crippen LogP contribution in [0.15, 0.2) is 0 Å². The molecule has 1 rings (SSSR count). The lowest BCUT2D eigenvalue weighted by Gasteiger charge is -1.96. The molecule has 64 valence electrons. The first kappa shape index (κ1) is 8.43. The zero-order valence-corrected chi connectivity index (χ0v) is 6.43. The average Bonchev–Trinajstić information content (AvgIpc) is 2.23. The maximum absolute atomic E-state index is 12.7. The van der Waals surface area contributed by atoms with E-state index < -0.39 is 17.3 Å². The monoisotopic (exact) mass is 164 g/mol. The van der Waals surface area contributed by atoms with Crippen LogP contribution in [0.5, 0.6) is 0 Å². The minimum Gasteiger partial charge on any atom is -0.467 e. The molecule has 11 heavy (non-hydrogen) atoms. The van der Waals surface area contributed by atoms with Crippen LogP contribution >= 0.6 is 0 Å². The normalized spacial score (nSPS) is 31.1. The second-order valence-electron chi connectivity index (χ2n) is 3.33. The molecule has 0 spiro atoms. The molecule has 0 bridgehead atoms. The van der Waals surface area contributed by atoms with Crippen LogP contribution in [0, 0.1) is 11.3 Å². The molecule has 1 saturated carbocycles. The molecule has 1 aliphatic carbocycles. The molecular formula is C7H10F2O2. The van der Waals surface area contributed by atoms with Crippen molar-refractivity contribution >= 4 is 6.47 Å². The van der Waals surface area contributed by atoms with Gasteiger partial charge in [0.1, 0.15) is 6.61 Å². The molecule has 0 N–H and O–H groups in total. The summed E-state index contributed by atoms with van der Waals surface area (Å²) in [4.78, 5) is 9.69. The maximum Gasteiger partial charge on any atom is 0.293 e. The van der Waals surface area contributed by atoms with Crippen molar-refractivity contribution in [3.63, 3.8) is 0 Å². The van der Waals surface area contributed by atoms with Gasteiger partial charge in [-0.3, -0.25) is 4.79 Å². The van der Waals surface area contributed by atoms with E-state index in [0.717, 1.165) is 0 Å². The van der Waals surface area contributed by atoms with Crippen molar-refractivity contribution in [2.24, 2.45) is 11.3 Å². The van der Waals surface area contributed by atoms with E-state index in [1.165, 1.54) is 13.8 Å². The molecular weight excluding hydrogens is 154 g/mol.